The van der Waals surface area contributed by atoms with Gasteiger partial charge in [-0.15, -0.1) is 0 Å². The molecule has 2 nitrogen and oxygen atoms in total. The maximum Gasteiger partial charge on any atom is 1.00 e. The Bertz CT molecular complexity index is 548. The van der Waals surface area contributed by atoms with E-state index in [0.717, 1.165) is 11.1 Å². The first-order chi connectivity index (χ1) is 8.94. The predicted octanol–water partition coefficient (Wildman–Crippen LogP) is 1.54. The monoisotopic (exact) mass is 348 g/mol. The summed E-state index contributed by atoms with van der Waals surface area (Å²) in [6.07, 6.45) is 0. The van der Waals surface area contributed by atoms with Gasteiger partial charge in [0.15, 0.2) is 5.69 Å². The van der Waals surface area contributed by atoms with Crippen LogP contribution in [0.2, 0.25) is 0 Å². The quantitative estimate of drug-likeness (QED) is 0.474. The molecule has 100 valence electrons. The molecular weight excluding hydrogens is 334 g/mol. The van der Waals surface area contributed by atoms with Crippen LogP contribution in [-0.2, 0) is 24.1 Å². The van der Waals surface area contributed by atoms with E-state index in [4.69, 9.17) is 33.1 Å². The molecule has 0 unspecified atom stereocenters. The average Bonchev–Trinajstić information content (AvgIpc) is 2.34. The van der Waals surface area contributed by atoms with Crippen LogP contribution < -0.4 is 60.4 Å². The molecule has 0 aliphatic carbocycles. The Morgan fingerprint density at radius 1 is 0.800 bits per heavy atom. The van der Waals surface area contributed by atoms with Gasteiger partial charge in [0.05, 0.1) is 0 Å². The molecule has 0 aromatic heterocycles. The zero-order valence-corrected chi connectivity index (χ0v) is 17.3. The molecule has 2 aromatic rings. The van der Waals surface area contributed by atoms with Gasteiger partial charge in [-0.25, -0.2) is 0 Å². The van der Waals surface area contributed by atoms with E-state index in [1.165, 1.54) is 0 Å². The van der Waals surface area contributed by atoms with Gasteiger partial charge in [0.1, 0.15) is 11.5 Å². The van der Waals surface area contributed by atoms with Crippen LogP contribution in [0.4, 0.5) is 0 Å². The number of aryl methyl sites for hydroxylation is 2. The molecule has 0 aliphatic rings. The summed E-state index contributed by atoms with van der Waals surface area (Å²) < 4.78 is 11.2. The van der Waals surface area contributed by atoms with Crippen LogP contribution in [0.15, 0.2) is 48.5 Å². The third kappa shape index (κ3) is 6.20. The summed E-state index contributed by atoms with van der Waals surface area (Å²) in [5, 5.41) is 0. The molecule has 0 N–H and O–H groups in total. The van der Waals surface area contributed by atoms with E-state index in [1.807, 2.05) is 62.4 Å². The van der Waals surface area contributed by atoms with Gasteiger partial charge in [-0.1, -0.05) is 35.4 Å². The van der Waals surface area contributed by atoms with Crippen molar-refractivity contribution in [1.29, 1.82) is 0 Å². The molecule has 0 heterocycles. The van der Waals surface area contributed by atoms with Crippen molar-refractivity contribution in [2.45, 2.75) is 13.8 Å². The van der Waals surface area contributed by atoms with Gasteiger partial charge in [0.2, 0.25) is 0 Å². The third-order valence-corrected chi connectivity index (χ3v) is 4.24. The molecule has 0 saturated heterocycles. The standard InChI is InChI=1S/C14H15O2PS2.K/c1-11-3-7-13(8-4-11)15-17(18,19)16-14-9-5-12(2)6-10-14;/h3-10H,1-2H3,(H,18,19);/q;+1/p-1. The minimum atomic E-state index is -2.75. The fourth-order valence-electron chi connectivity index (χ4n) is 1.48. The van der Waals surface area contributed by atoms with E-state index < -0.39 is 5.69 Å². The van der Waals surface area contributed by atoms with Gasteiger partial charge >= 0.3 is 51.4 Å². The van der Waals surface area contributed by atoms with E-state index in [2.05, 4.69) is 0 Å². The van der Waals surface area contributed by atoms with E-state index in [-0.39, 0.29) is 51.4 Å². The molecule has 20 heavy (non-hydrogen) atoms. The fourth-order valence-corrected chi connectivity index (χ4v) is 3.30. The normalized spacial score (nSPS) is 10.6. The first kappa shape index (κ1) is 18.7. The van der Waals surface area contributed by atoms with E-state index in [1.54, 1.807) is 0 Å². The molecule has 6 heteroatoms. The van der Waals surface area contributed by atoms with Gasteiger partial charge in [-0.2, -0.15) is 0 Å². The van der Waals surface area contributed by atoms with Gasteiger partial charge in [0, 0.05) is 0 Å². The Balaban J connectivity index is 0.00000200. The van der Waals surface area contributed by atoms with Crippen LogP contribution in [0, 0.1) is 13.8 Å². The van der Waals surface area contributed by atoms with Crippen LogP contribution in [0.25, 0.3) is 0 Å². The molecule has 0 aliphatic heterocycles. The summed E-state index contributed by atoms with van der Waals surface area (Å²) >= 11 is 10.5. The van der Waals surface area contributed by atoms with Crippen molar-refractivity contribution in [1.82, 2.24) is 0 Å². The SMILES string of the molecule is Cc1ccc(OP(=S)([S-])Oc2ccc(C)cc2)cc1.[K+]. The molecule has 2 aromatic carbocycles. The smallest absolute Gasteiger partial charge is 0.665 e. The van der Waals surface area contributed by atoms with E-state index in [0.29, 0.717) is 11.5 Å². The number of hydrogen-bond donors (Lipinski definition) is 0. The molecule has 0 atom stereocenters. The Morgan fingerprint density at radius 3 is 1.40 bits per heavy atom. The first-order valence-electron chi connectivity index (χ1n) is 5.78. The number of benzene rings is 2. The van der Waals surface area contributed by atoms with Crippen molar-refractivity contribution in [3.8, 4) is 11.5 Å². The number of rotatable bonds is 4. The summed E-state index contributed by atoms with van der Waals surface area (Å²) in [5.41, 5.74) is -0.436. The Labute approximate surface area is 173 Å². The van der Waals surface area contributed by atoms with E-state index in [9.17, 15) is 0 Å². The van der Waals surface area contributed by atoms with Crippen molar-refractivity contribution in [2.75, 3.05) is 0 Å². The zero-order chi connectivity index (χ0) is 13.9. The maximum absolute atomic E-state index is 5.61. The fraction of sp³-hybridized carbons (Fsp3) is 0.143. The van der Waals surface area contributed by atoms with Gasteiger partial charge in [0.25, 0.3) is 0 Å². The van der Waals surface area contributed by atoms with Crippen molar-refractivity contribution >= 4 is 29.7 Å². The molecule has 0 spiro atoms. The van der Waals surface area contributed by atoms with Crippen LogP contribution in [-0.4, -0.2) is 0 Å². The van der Waals surface area contributed by atoms with Crippen LogP contribution >= 0.6 is 5.69 Å². The van der Waals surface area contributed by atoms with Gasteiger partial charge < -0.3 is 21.3 Å². The van der Waals surface area contributed by atoms with Crippen LogP contribution in [0.1, 0.15) is 11.1 Å². The second-order valence-electron chi connectivity index (χ2n) is 4.26. The summed E-state index contributed by atoms with van der Waals surface area (Å²) in [7, 11) is 0. The minimum Gasteiger partial charge on any atom is -0.665 e. The molecular formula is C14H14KO2PS2. The number of hydrogen-bond acceptors (Lipinski definition) is 4. The Morgan fingerprint density at radius 2 is 1.10 bits per heavy atom. The predicted molar refractivity (Wildman–Crippen MR) is 85.3 cm³/mol. The van der Waals surface area contributed by atoms with Gasteiger partial charge in [-0.3, -0.25) is 0 Å². The Hall–Kier alpha value is 0.676. The second-order valence-corrected chi connectivity index (χ2v) is 9.09. The topological polar surface area (TPSA) is 18.5 Å². The maximum atomic E-state index is 5.61. The minimum absolute atomic E-state index is 0. The summed E-state index contributed by atoms with van der Waals surface area (Å²) in [4.78, 5) is 0. The largest absolute Gasteiger partial charge is 1.00 e. The Kier molecular flexibility index (Phi) is 7.81. The zero-order valence-electron chi connectivity index (χ0n) is 11.7. The van der Waals surface area contributed by atoms with E-state index >= 15 is 0 Å². The van der Waals surface area contributed by atoms with Crippen molar-refractivity contribution < 1.29 is 60.4 Å². The third-order valence-electron chi connectivity index (χ3n) is 2.48. The van der Waals surface area contributed by atoms with Crippen LogP contribution in [0.3, 0.4) is 0 Å². The summed E-state index contributed by atoms with van der Waals surface area (Å²) in [5.74, 6) is 1.30. The van der Waals surface area contributed by atoms with Crippen LogP contribution in [0.5, 0.6) is 11.5 Å². The second kappa shape index (κ2) is 8.35. The van der Waals surface area contributed by atoms with Crippen molar-refractivity contribution in [2.24, 2.45) is 0 Å². The average molecular weight is 348 g/mol. The summed E-state index contributed by atoms with van der Waals surface area (Å²) in [6, 6.07) is 15.2. The molecule has 0 amide bonds. The first-order valence-corrected chi connectivity index (χ1v) is 9.43. The van der Waals surface area contributed by atoms with Crippen molar-refractivity contribution in [3.63, 3.8) is 0 Å². The molecule has 2 rings (SSSR count). The molecule has 0 fully saturated rings. The molecule has 0 radical (unpaired) electrons. The van der Waals surface area contributed by atoms with Crippen molar-refractivity contribution in [3.05, 3.63) is 59.7 Å². The summed E-state index contributed by atoms with van der Waals surface area (Å²) in [6.45, 7) is 4.02. The van der Waals surface area contributed by atoms with Gasteiger partial charge in [-0.05, 0) is 49.9 Å². The molecule has 0 bridgehead atoms. The molecule has 0 saturated carbocycles.